The fourth-order valence-corrected chi connectivity index (χ4v) is 4.45. The van der Waals surface area contributed by atoms with Crippen molar-refractivity contribution in [2.75, 3.05) is 24.8 Å². The number of rotatable bonds is 8. The van der Waals surface area contributed by atoms with Gasteiger partial charge in [0.2, 0.25) is 0 Å². The topological polar surface area (TPSA) is 70.6 Å². The Bertz CT molecular complexity index is 1250. The minimum Gasteiger partial charge on any atom is -0.361 e. The smallest absolute Gasteiger partial charge is 0.326 e. The van der Waals surface area contributed by atoms with Crippen LogP contribution in [0.5, 0.6) is 0 Å². The predicted molar refractivity (Wildman–Crippen MR) is 134 cm³/mol. The third-order valence-electron chi connectivity index (χ3n) is 6.41. The molecule has 0 radical (unpaired) electrons. The van der Waals surface area contributed by atoms with Crippen molar-refractivity contribution in [1.29, 1.82) is 0 Å². The lowest BCUT2D eigenvalue weighted by Crippen LogP contribution is -2.58. The van der Waals surface area contributed by atoms with Crippen LogP contribution in [-0.2, 0) is 19.5 Å². The number of aromatic nitrogens is 3. The van der Waals surface area contributed by atoms with Gasteiger partial charge in [-0.1, -0.05) is 65.8 Å². The molecule has 35 heavy (non-hydrogen) atoms. The van der Waals surface area contributed by atoms with E-state index in [0.717, 1.165) is 35.7 Å². The summed E-state index contributed by atoms with van der Waals surface area (Å²) < 4.78 is 7.12. The van der Waals surface area contributed by atoms with Crippen LogP contribution in [-0.4, -0.2) is 50.7 Å². The van der Waals surface area contributed by atoms with E-state index < -0.39 is 0 Å². The summed E-state index contributed by atoms with van der Waals surface area (Å²) in [4.78, 5) is 19.6. The van der Waals surface area contributed by atoms with E-state index in [9.17, 15) is 4.79 Å². The molecule has 0 saturated carbocycles. The van der Waals surface area contributed by atoms with Crippen LogP contribution in [0, 0.1) is 13.8 Å². The molecule has 2 amide bonds. The second kappa shape index (κ2) is 10.1. The van der Waals surface area contributed by atoms with Crippen LogP contribution < -0.4 is 4.90 Å². The Kier molecular flexibility index (Phi) is 6.63. The largest absolute Gasteiger partial charge is 0.361 e. The van der Waals surface area contributed by atoms with Gasteiger partial charge in [-0.25, -0.2) is 4.79 Å². The van der Waals surface area contributed by atoms with E-state index in [4.69, 9.17) is 4.52 Å². The van der Waals surface area contributed by atoms with Crippen molar-refractivity contribution < 1.29 is 9.32 Å². The van der Waals surface area contributed by atoms with Crippen LogP contribution in [0.2, 0.25) is 0 Å². The number of hydrogen-bond acceptors (Lipinski definition) is 5. The van der Waals surface area contributed by atoms with Crippen molar-refractivity contribution >= 4 is 11.7 Å². The zero-order valence-electron chi connectivity index (χ0n) is 20.2. The van der Waals surface area contributed by atoms with Crippen molar-refractivity contribution in [2.45, 2.75) is 33.4 Å². The summed E-state index contributed by atoms with van der Waals surface area (Å²) in [7, 11) is 0. The third-order valence-corrected chi connectivity index (χ3v) is 6.41. The van der Waals surface area contributed by atoms with Crippen molar-refractivity contribution in [3.05, 3.63) is 101 Å². The Labute approximate surface area is 205 Å². The van der Waals surface area contributed by atoms with Gasteiger partial charge in [0.1, 0.15) is 5.76 Å². The third kappa shape index (κ3) is 5.27. The molecule has 0 atom stereocenters. The first kappa shape index (κ1) is 22.9. The average Bonchev–Trinajstić information content (AvgIpc) is 3.47. The first-order valence-electron chi connectivity index (χ1n) is 11.9. The lowest BCUT2D eigenvalue weighted by molar-refractivity contribution is 0.111. The highest BCUT2D eigenvalue weighted by molar-refractivity contribution is 5.92. The second-order valence-electron chi connectivity index (χ2n) is 9.01. The summed E-state index contributed by atoms with van der Waals surface area (Å²) in [5, 5.41) is 8.56. The van der Waals surface area contributed by atoms with Crippen molar-refractivity contribution in [2.24, 2.45) is 0 Å². The van der Waals surface area contributed by atoms with Crippen molar-refractivity contribution in [3.63, 3.8) is 0 Å². The Hall–Kier alpha value is -3.91. The minimum absolute atomic E-state index is 0.00197. The highest BCUT2D eigenvalue weighted by Crippen LogP contribution is 2.23. The molecule has 1 aliphatic rings. The quantitative estimate of drug-likeness (QED) is 0.381. The molecule has 3 heterocycles. The molecular weight excluding hydrogens is 440 g/mol. The Morgan fingerprint density at radius 2 is 1.63 bits per heavy atom. The molecule has 5 rings (SSSR count). The van der Waals surface area contributed by atoms with Gasteiger partial charge in [0.25, 0.3) is 0 Å². The summed E-state index contributed by atoms with van der Waals surface area (Å²) in [6, 6.07) is 20.7. The molecule has 8 heteroatoms. The number of amides is 2. The maximum atomic E-state index is 13.5. The maximum absolute atomic E-state index is 13.5. The van der Waals surface area contributed by atoms with Crippen LogP contribution in [0.4, 0.5) is 10.5 Å². The van der Waals surface area contributed by atoms with E-state index in [1.807, 2.05) is 70.9 Å². The number of aryl methyl sites for hydroxylation is 2. The Balaban J connectivity index is 1.35. The molecule has 1 saturated heterocycles. The molecule has 8 nitrogen and oxygen atoms in total. The van der Waals surface area contributed by atoms with Crippen LogP contribution >= 0.6 is 0 Å². The van der Waals surface area contributed by atoms with Gasteiger partial charge < -0.3 is 9.42 Å². The first-order chi connectivity index (χ1) is 17.1. The van der Waals surface area contributed by atoms with Crippen LogP contribution in [0.3, 0.4) is 0 Å². The number of nitrogens with zero attached hydrogens (tertiary/aromatic N) is 6. The van der Waals surface area contributed by atoms with Crippen molar-refractivity contribution in [3.8, 4) is 0 Å². The molecule has 0 unspecified atom stereocenters. The van der Waals surface area contributed by atoms with E-state index in [-0.39, 0.29) is 6.03 Å². The molecule has 0 aliphatic carbocycles. The molecule has 1 aliphatic heterocycles. The van der Waals surface area contributed by atoms with Gasteiger partial charge in [0.05, 0.1) is 37.5 Å². The first-order valence-corrected chi connectivity index (χ1v) is 11.9. The molecule has 0 spiro atoms. The molecule has 2 aromatic heterocycles. The van der Waals surface area contributed by atoms with Gasteiger partial charge >= 0.3 is 6.03 Å². The standard InChI is InChI=1S/C27H30N6O2/c1-21-26(22(2)35-29-21)18-32-17-25(15-28-32)33-20-30(16-24-11-7-4-8-12-24)19-31(27(33)34)14-13-23-9-5-3-6-10-23/h3-12,15,17H,13-14,16,18-20H2,1-2H3. The molecule has 0 N–H and O–H groups in total. The maximum Gasteiger partial charge on any atom is 0.326 e. The number of hydrogen-bond donors (Lipinski definition) is 0. The van der Waals surface area contributed by atoms with Gasteiger partial charge in [-0.05, 0) is 31.4 Å². The molecule has 180 valence electrons. The molecule has 0 bridgehead atoms. The number of anilines is 1. The number of carbonyl (C=O) groups is 1. The SMILES string of the molecule is Cc1noc(C)c1Cn1cc(N2CN(Cc3ccccc3)CN(CCc3ccccc3)C2=O)cn1. The Morgan fingerprint density at radius 3 is 2.31 bits per heavy atom. The number of benzene rings is 2. The zero-order valence-corrected chi connectivity index (χ0v) is 20.2. The van der Waals surface area contributed by atoms with E-state index in [0.29, 0.717) is 26.4 Å². The highest BCUT2D eigenvalue weighted by atomic mass is 16.5. The fraction of sp³-hybridized carbons (Fsp3) is 0.296. The van der Waals surface area contributed by atoms with E-state index in [2.05, 4.69) is 39.4 Å². The minimum atomic E-state index is 0.00197. The molecule has 1 fully saturated rings. The summed E-state index contributed by atoms with van der Waals surface area (Å²) >= 11 is 0. The van der Waals surface area contributed by atoms with Crippen molar-refractivity contribution in [1.82, 2.24) is 24.7 Å². The zero-order chi connectivity index (χ0) is 24.2. The van der Waals surface area contributed by atoms with Gasteiger partial charge in [0, 0.05) is 24.8 Å². The van der Waals surface area contributed by atoms with E-state index in [1.165, 1.54) is 11.1 Å². The summed E-state index contributed by atoms with van der Waals surface area (Å²) in [5.74, 6) is 0.787. The Morgan fingerprint density at radius 1 is 0.914 bits per heavy atom. The predicted octanol–water partition coefficient (Wildman–Crippen LogP) is 4.44. The summed E-state index contributed by atoms with van der Waals surface area (Å²) in [5.41, 5.74) is 5.09. The lowest BCUT2D eigenvalue weighted by atomic mass is 10.1. The lowest BCUT2D eigenvalue weighted by Gasteiger charge is -2.41. The van der Waals surface area contributed by atoms with Crippen LogP contribution in [0.15, 0.2) is 77.6 Å². The van der Waals surface area contributed by atoms with Gasteiger partial charge in [-0.15, -0.1) is 0 Å². The fourth-order valence-electron chi connectivity index (χ4n) is 4.45. The van der Waals surface area contributed by atoms with Gasteiger partial charge in [0.15, 0.2) is 0 Å². The summed E-state index contributed by atoms with van der Waals surface area (Å²) in [6.07, 6.45) is 4.49. The van der Waals surface area contributed by atoms with Gasteiger partial charge in [-0.3, -0.25) is 14.5 Å². The normalized spacial score (nSPS) is 14.6. The van der Waals surface area contributed by atoms with E-state index in [1.54, 1.807) is 6.20 Å². The van der Waals surface area contributed by atoms with Crippen LogP contribution in [0.1, 0.15) is 28.1 Å². The van der Waals surface area contributed by atoms with Crippen LogP contribution in [0.25, 0.3) is 0 Å². The second-order valence-corrected chi connectivity index (χ2v) is 9.01. The number of urea groups is 1. The number of carbonyl (C=O) groups excluding carboxylic acids is 1. The van der Waals surface area contributed by atoms with E-state index >= 15 is 0 Å². The average molecular weight is 471 g/mol. The summed E-state index contributed by atoms with van der Waals surface area (Å²) in [6.45, 7) is 6.89. The molecule has 2 aromatic carbocycles. The van der Waals surface area contributed by atoms with Gasteiger partial charge in [-0.2, -0.15) is 5.10 Å². The highest BCUT2D eigenvalue weighted by Gasteiger charge is 2.32. The molecule has 4 aromatic rings. The monoisotopic (exact) mass is 470 g/mol. The molecular formula is C27H30N6O2.